The number of ether oxygens (including phenoxy) is 1. The van der Waals surface area contributed by atoms with Crippen molar-refractivity contribution in [2.45, 2.75) is 32.9 Å². The maximum absolute atomic E-state index is 12.9. The molecule has 2 aromatic carbocycles. The molecule has 0 bridgehead atoms. The Morgan fingerprint density at radius 3 is 2.50 bits per heavy atom. The second-order valence-corrected chi connectivity index (χ2v) is 8.52. The summed E-state index contributed by atoms with van der Waals surface area (Å²) >= 11 is 6.02. The van der Waals surface area contributed by atoms with Crippen LogP contribution in [0, 0.1) is 0 Å². The number of sulfonamides is 1. The quantitative estimate of drug-likeness (QED) is 0.667. The zero-order chi connectivity index (χ0) is 20.7. The summed E-state index contributed by atoms with van der Waals surface area (Å²) in [5.41, 5.74) is 1.17. The van der Waals surface area contributed by atoms with Crippen molar-refractivity contribution in [3.8, 4) is 5.75 Å². The highest BCUT2D eigenvalue weighted by Crippen LogP contribution is 2.25. The standard InChI is InChI=1S/C20H25ClN2O4S/c1-4-18(23(28(3,25)26)17-11-8-10-16(21)13-17)20(24)22-14-15-9-6-7-12-19(15)27-5-2/h6-13,18H,4-5,14H2,1-3H3,(H,22,24)/t18-/m1/s1. The molecule has 0 heterocycles. The highest BCUT2D eigenvalue weighted by Gasteiger charge is 2.31. The third kappa shape index (κ3) is 5.62. The van der Waals surface area contributed by atoms with Crippen LogP contribution in [0.3, 0.4) is 0 Å². The van der Waals surface area contributed by atoms with Crippen LogP contribution in [0.15, 0.2) is 48.5 Å². The van der Waals surface area contributed by atoms with Gasteiger partial charge in [-0.25, -0.2) is 8.42 Å². The second kappa shape index (κ2) is 9.80. The van der Waals surface area contributed by atoms with Crippen molar-refractivity contribution in [2.24, 2.45) is 0 Å². The van der Waals surface area contributed by atoms with Gasteiger partial charge in [-0.05, 0) is 37.6 Å². The summed E-state index contributed by atoms with van der Waals surface area (Å²) < 4.78 is 31.6. The van der Waals surface area contributed by atoms with Gasteiger partial charge in [-0.2, -0.15) is 0 Å². The number of anilines is 1. The van der Waals surface area contributed by atoms with Gasteiger partial charge in [0.05, 0.1) is 18.6 Å². The van der Waals surface area contributed by atoms with Crippen LogP contribution < -0.4 is 14.4 Å². The van der Waals surface area contributed by atoms with E-state index in [9.17, 15) is 13.2 Å². The molecule has 1 N–H and O–H groups in total. The summed E-state index contributed by atoms with van der Waals surface area (Å²) in [6, 6.07) is 13.0. The van der Waals surface area contributed by atoms with E-state index in [0.29, 0.717) is 29.5 Å². The topological polar surface area (TPSA) is 75.7 Å². The number of carbonyl (C=O) groups is 1. The summed E-state index contributed by atoms with van der Waals surface area (Å²) in [5, 5.41) is 3.22. The van der Waals surface area contributed by atoms with Gasteiger partial charge in [-0.3, -0.25) is 9.10 Å². The first kappa shape index (κ1) is 22.0. The molecule has 0 unspecified atom stereocenters. The van der Waals surface area contributed by atoms with Crippen LogP contribution >= 0.6 is 11.6 Å². The van der Waals surface area contributed by atoms with Gasteiger partial charge < -0.3 is 10.1 Å². The molecule has 1 atom stereocenters. The van der Waals surface area contributed by atoms with Gasteiger partial charge in [-0.1, -0.05) is 42.8 Å². The Balaban J connectivity index is 2.25. The van der Waals surface area contributed by atoms with E-state index >= 15 is 0 Å². The molecule has 0 saturated heterocycles. The van der Waals surface area contributed by atoms with Crippen LogP contribution in [-0.4, -0.2) is 33.2 Å². The van der Waals surface area contributed by atoms with E-state index in [4.69, 9.17) is 16.3 Å². The summed E-state index contributed by atoms with van der Waals surface area (Å²) in [7, 11) is -3.70. The van der Waals surface area contributed by atoms with Gasteiger partial charge >= 0.3 is 0 Å². The Bertz CT molecular complexity index is 918. The fourth-order valence-electron chi connectivity index (χ4n) is 2.92. The number of hydrogen-bond donors (Lipinski definition) is 1. The highest BCUT2D eigenvalue weighted by atomic mass is 35.5. The number of hydrogen-bond acceptors (Lipinski definition) is 4. The first-order valence-electron chi connectivity index (χ1n) is 9.01. The molecular weight excluding hydrogens is 400 g/mol. The SMILES string of the molecule is CCOc1ccccc1CNC(=O)[C@@H](CC)N(c1cccc(Cl)c1)S(C)(=O)=O. The third-order valence-electron chi connectivity index (χ3n) is 4.12. The summed E-state index contributed by atoms with van der Waals surface area (Å²) in [4.78, 5) is 12.9. The van der Waals surface area contributed by atoms with Gasteiger partial charge in [0.1, 0.15) is 11.8 Å². The number of nitrogens with one attached hydrogen (secondary N) is 1. The Kier molecular flexibility index (Phi) is 7.71. The molecule has 8 heteroatoms. The molecule has 0 aromatic heterocycles. The Labute approximate surface area is 171 Å². The summed E-state index contributed by atoms with van der Waals surface area (Å²) in [5.74, 6) is 0.298. The maximum atomic E-state index is 12.9. The van der Waals surface area contributed by atoms with E-state index in [1.807, 2.05) is 31.2 Å². The molecule has 6 nitrogen and oxygen atoms in total. The van der Waals surface area contributed by atoms with E-state index in [0.717, 1.165) is 16.1 Å². The van der Waals surface area contributed by atoms with Crippen molar-refractivity contribution < 1.29 is 17.9 Å². The Hall–Kier alpha value is -2.25. The molecule has 0 aliphatic rings. The highest BCUT2D eigenvalue weighted by molar-refractivity contribution is 7.92. The predicted molar refractivity (Wildman–Crippen MR) is 112 cm³/mol. The number of para-hydroxylation sites is 1. The molecular formula is C20H25ClN2O4S. The molecule has 0 aliphatic carbocycles. The van der Waals surface area contributed by atoms with Gasteiger partial charge in [0.2, 0.25) is 15.9 Å². The Morgan fingerprint density at radius 1 is 1.18 bits per heavy atom. The summed E-state index contributed by atoms with van der Waals surface area (Å²) in [6.07, 6.45) is 1.38. The molecule has 1 amide bonds. The van der Waals surface area contributed by atoms with Crippen LogP contribution in [0.1, 0.15) is 25.8 Å². The largest absolute Gasteiger partial charge is 0.494 e. The average Bonchev–Trinajstić information content (AvgIpc) is 2.64. The monoisotopic (exact) mass is 424 g/mol. The van der Waals surface area contributed by atoms with Crippen LogP contribution in [0.2, 0.25) is 5.02 Å². The maximum Gasteiger partial charge on any atom is 0.244 e. The lowest BCUT2D eigenvalue weighted by atomic mass is 10.1. The molecule has 28 heavy (non-hydrogen) atoms. The number of amides is 1. The second-order valence-electron chi connectivity index (χ2n) is 6.22. The number of rotatable bonds is 9. The zero-order valence-corrected chi connectivity index (χ0v) is 17.8. The lowest BCUT2D eigenvalue weighted by Crippen LogP contribution is -2.49. The molecule has 2 aromatic rings. The van der Waals surface area contributed by atoms with Crippen molar-refractivity contribution in [1.29, 1.82) is 0 Å². The van der Waals surface area contributed by atoms with Gasteiger partial charge in [0.15, 0.2) is 0 Å². The zero-order valence-electron chi connectivity index (χ0n) is 16.2. The van der Waals surface area contributed by atoms with E-state index in [-0.39, 0.29) is 12.5 Å². The average molecular weight is 425 g/mol. The minimum atomic E-state index is -3.70. The molecule has 0 saturated carbocycles. The molecule has 0 spiro atoms. The molecule has 0 radical (unpaired) electrons. The number of nitrogens with zero attached hydrogens (tertiary/aromatic N) is 1. The van der Waals surface area contributed by atoms with Gasteiger partial charge in [0.25, 0.3) is 0 Å². The van der Waals surface area contributed by atoms with Crippen LogP contribution in [0.5, 0.6) is 5.75 Å². The minimum absolute atomic E-state index is 0.235. The van der Waals surface area contributed by atoms with Crippen molar-refractivity contribution >= 4 is 33.2 Å². The van der Waals surface area contributed by atoms with E-state index in [1.165, 1.54) is 6.07 Å². The number of carbonyl (C=O) groups excluding carboxylic acids is 1. The molecule has 2 rings (SSSR count). The van der Waals surface area contributed by atoms with Crippen molar-refractivity contribution in [2.75, 3.05) is 17.2 Å². The molecule has 0 aliphatic heterocycles. The third-order valence-corrected chi connectivity index (χ3v) is 5.53. The number of halogens is 1. The molecule has 152 valence electrons. The first-order chi connectivity index (χ1) is 13.3. The van der Waals surface area contributed by atoms with Gasteiger partial charge in [0, 0.05) is 17.1 Å². The van der Waals surface area contributed by atoms with E-state index in [2.05, 4.69) is 5.32 Å². The van der Waals surface area contributed by atoms with E-state index in [1.54, 1.807) is 25.1 Å². The smallest absolute Gasteiger partial charge is 0.244 e. The van der Waals surface area contributed by atoms with Crippen LogP contribution in [-0.2, 0) is 21.4 Å². The van der Waals surface area contributed by atoms with Crippen LogP contribution in [0.25, 0.3) is 0 Å². The normalized spacial score (nSPS) is 12.3. The lowest BCUT2D eigenvalue weighted by molar-refractivity contribution is -0.122. The Morgan fingerprint density at radius 2 is 1.89 bits per heavy atom. The van der Waals surface area contributed by atoms with Crippen molar-refractivity contribution in [1.82, 2.24) is 5.32 Å². The minimum Gasteiger partial charge on any atom is -0.494 e. The fraction of sp³-hybridized carbons (Fsp3) is 0.350. The molecule has 0 fully saturated rings. The first-order valence-corrected chi connectivity index (χ1v) is 11.2. The van der Waals surface area contributed by atoms with Gasteiger partial charge in [-0.15, -0.1) is 0 Å². The van der Waals surface area contributed by atoms with Crippen molar-refractivity contribution in [3.05, 3.63) is 59.1 Å². The van der Waals surface area contributed by atoms with Crippen molar-refractivity contribution in [3.63, 3.8) is 0 Å². The summed E-state index contributed by atoms with van der Waals surface area (Å²) in [6.45, 7) is 4.40. The van der Waals surface area contributed by atoms with Crippen LogP contribution in [0.4, 0.5) is 5.69 Å². The number of benzene rings is 2. The predicted octanol–water partition coefficient (Wildman–Crippen LogP) is 3.60. The fourth-order valence-corrected chi connectivity index (χ4v) is 4.31. The van der Waals surface area contributed by atoms with E-state index < -0.39 is 16.1 Å². The lowest BCUT2D eigenvalue weighted by Gasteiger charge is -2.30.